The summed E-state index contributed by atoms with van der Waals surface area (Å²) in [6.45, 7) is 1.00. The van der Waals surface area contributed by atoms with E-state index in [1.165, 1.54) is 12.1 Å². The molecule has 5 rings (SSSR count). The van der Waals surface area contributed by atoms with Crippen LogP contribution in [0.3, 0.4) is 0 Å². The first-order chi connectivity index (χ1) is 15.5. The molecule has 3 aromatic rings. The van der Waals surface area contributed by atoms with Crippen molar-refractivity contribution in [2.75, 3.05) is 18.4 Å². The monoisotopic (exact) mass is 436 g/mol. The zero-order valence-electron chi connectivity index (χ0n) is 17.1. The van der Waals surface area contributed by atoms with Crippen molar-refractivity contribution in [1.29, 1.82) is 0 Å². The Bertz CT molecular complexity index is 1220. The molecule has 3 amide bonds. The number of anilines is 1. The molecule has 32 heavy (non-hydrogen) atoms. The van der Waals surface area contributed by atoms with Gasteiger partial charge in [0.05, 0.1) is 23.4 Å². The summed E-state index contributed by atoms with van der Waals surface area (Å²) in [6.07, 6.45) is 1.25. The fourth-order valence-electron chi connectivity index (χ4n) is 4.39. The third-order valence-electron chi connectivity index (χ3n) is 6.13. The molecular formula is C23H21FN4O4. The van der Waals surface area contributed by atoms with Crippen LogP contribution in [-0.2, 0) is 9.59 Å². The van der Waals surface area contributed by atoms with Gasteiger partial charge in [-0.25, -0.2) is 4.39 Å². The highest BCUT2D eigenvalue weighted by atomic mass is 19.1. The van der Waals surface area contributed by atoms with Crippen LogP contribution in [-0.4, -0.2) is 46.9 Å². The number of hydrogen-bond donors (Lipinski definition) is 2. The van der Waals surface area contributed by atoms with Crippen LogP contribution in [0.2, 0.25) is 0 Å². The first-order valence-corrected chi connectivity index (χ1v) is 10.5. The Hall–Kier alpha value is -3.75. The van der Waals surface area contributed by atoms with Crippen LogP contribution >= 0.6 is 0 Å². The molecule has 9 heteroatoms. The number of likely N-dealkylation sites (tertiary alicyclic amines) is 1. The summed E-state index contributed by atoms with van der Waals surface area (Å²) in [5, 5.41) is 10.3. The minimum atomic E-state index is -0.936. The van der Waals surface area contributed by atoms with Crippen molar-refractivity contribution in [3.63, 3.8) is 0 Å². The van der Waals surface area contributed by atoms with Crippen molar-refractivity contribution >= 4 is 34.4 Å². The first-order valence-electron chi connectivity index (χ1n) is 10.5. The van der Waals surface area contributed by atoms with E-state index in [0.717, 1.165) is 11.1 Å². The van der Waals surface area contributed by atoms with E-state index in [1.807, 2.05) is 0 Å². The minimum absolute atomic E-state index is 0.0983. The standard InChI is InChI=1S/C23H21FN4O4/c24-14-5-6-16-19(11-14)32-27-21(16)13-7-9-28(10-8-13)20(29)12-18-23(31)25-17-4-2-1-3-15(17)22(30)26-18/h1-6,11,13,18H,7-10,12H2,(H,25,31)(H,26,30). The number of carbonyl (C=O) groups excluding carboxylic acids is 3. The fourth-order valence-corrected chi connectivity index (χ4v) is 4.39. The lowest BCUT2D eigenvalue weighted by Crippen LogP contribution is -2.46. The topological polar surface area (TPSA) is 105 Å². The zero-order valence-corrected chi connectivity index (χ0v) is 17.1. The van der Waals surface area contributed by atoms with Crippen LogP contribution in [0.4, 0.5) is 10.1 Å². The van der Waals surface area contributed by atoms with Gasteiger partial charge < -0.3 is 20.1 Å². The molecule has 8 nitrogen and oxygen atoms in total. The summed E-state index contributed by atoms with van der Waals surface area (Å²) in [6, 6.07) is 10.2. The second kappa shape index (κ2) is 8.07. The molecule has 164 valence electrons. The number of aromatic nitrogens is 1. The van der Waals surface area contributed by atoms with Gasteiger partial charge in [0, 0.05) is 30.5 Å². The highest BCUT2D eigenvalue weighted by Crippen LogP contribution is 2.33. The van der Waals surface area contributed by atoms with E-state index < -0.39 is 11.9 Å². The number of carbonyl (C=O) groups is 3. The van der Waals surface area contributed by atoms with Crippen molar-refractivity contribution in [1.82, 2.24) is 15.4 Å². The van der Waals surface area contributed by atoms with E-state index >= 15 is 0 Å². The molecule has 2 aliphatic heterocycles. The number of rotatable bonds is 3. The third kappa shape index (κ3) is 3.70. The highest BCUT2D eigenvalue weighted by molar-refractivity contribution is 6.10. The summed E-state index contributed by atoms with van der Waals surface area (Å²) in [7, 11) is 0. The van der Waals surface area contributed by atoms with Gasteiger partial charge in [-0.15, -0.1) is 0 Å². The van der Waals surface area contributed by atoms with E-state index in [2.05, 4.69) is 15.8 Å². The quantitative estimate of drug-likeness (QED) is 0.657. The Morgan fingerprint density at radius 3 is 2.75 bits per heavy atom. The van der Waals surface area contributed by atoms with E-state index in [-0.39, 0.29) is 30.0 Å². The maximum atomic E-state index is 13.4. The van der Waals surface area contributed by atoms with Crippen molar-refractivity contribution < 1.29 is 23.3 Å². The molecule has 1 saturated heterocycles. The van der Waals surface area contributed by atoms with Crippen molar-refractivity contribution in [3.05, 3.63) is 59.5 Å². The highest BCUT2D eigenvalue weighted by Gasteiger charge is 2.33. The summed E-state index contributed by atoms with van der Waals surface area (Å²) in [4.78, 5) is 39.6. The van der Waals surface area contributed by atoms with Gasteiger partial charge >= 0.3 is 0 Å². The van der Waals surface area contributed by atoms with E-state index in [0.29, 0.717) is 42.8 Å². The number of nitrogens with one attached hydrogen (secondary N) is 2. The van der Waals surface area contributed by atoms with Gasteiger partial charge in [0.2, 0.25) is 11.8 Å². The average molecular weight is 436 g/mol. The smallest absolute Gasteiger partial charge is 0.254 e. The molecule has 2 aliphatic rings. The number of halogens is 1. The molecule has 1 atom stereocenters. The molecule has 0 spiro atoms. The summed E-state index contributed by atoms with van der Waals surface area (Å²) < 4.78 is 18.7. The van der Waals surface area contributed by atoms with Crippen LogP contribution in [0, 0.1) is 5.82 Å². The summed E-state index contributed by atoms with van der Waals surface area (Å²) >= 11 is 0. The molecule has 2 N–H and O–H groups in total. The lowest BCUT2D eigenvalue weighted by atomic mass is 9.91. The maximum Gasteiger partial charge on any atom is 0.254 e. The first kappa shape index (κ1) is 20.2. The Balaban J connectivity index is 1.22. The summed E-state index contributed by atoms with van der Waals surface area (Å²) in [5.41, 5.74) is 2.00. The molecule has 2 aromatic carbocycles. The molecule has 1 aromatic heterocycles. The van der Waals surface area contributed by atoms with E-state index in [1.54, 1.807) is 35.2 Å². The van der Waals surface area contributed by atoms with E-state index in [9.17, 15) is 18.8 Å². The maximum absolute atomic E-state index is 13.4. The van der Waals surface area contributed by atoms with Crippen LogP contribution < -0.4 is 10.6 Å². The second-order valence-corrected chi connectivity index (χ2v) is 8.13. The van der Waals surface area contributed by atoms with Crippen molar-refractivity contribution in [2.24, 2.45) is 0 Å². The van der Waals surface area contributed by atoms with Gasteiger partial charge in [-0.1, -0.05) is 17.3 Å². The van der Waals surface area contributed by atoms with Crippen molar-refractivity contribution in [3.8, 4) is 0 Å². The lowest BCUT2D eigenvalue weighted by molar-refractivity contribution is -0.134. The molecular weight excluding hydrogens is 415 g/mol. The van der Waals surface area contributed by atoms with Gasteiger partial charge in [-0.3, -0.25) is 14.4 Å². The fraction of sp³-hybridized carbons (Fsp3) is 0.304. The number of benzene rings is 2. The van der Waals surface area contributed by atoms with Crippen LogP contribution in [0.25, 0.3) is 11.0 Å². The molecule has 0 bridgehead atoms. The van der Waals surface area contributed by atoms with Crippen molar-refractivity contribution in [2.45, 2.75) is 31.2 Å². The van der Waals surface area contributed by atoms with Crippen LogP contribution in [0.1, 0.15) is 41.2 Å². The Morgan fingerprint density at radius 1 is 1.16 bits per heavy atom. The van der Waals surface area contributed by atoms with Gasteiger partial charge in [-0.05, 0) is 37.1 Å². The molecule has 1 unspecified atom stereocenters. The Morgan fingerprint density at radius 2 is 1.94 bits per heavy atom. The largest absolute Gasteiger partial charge is 0.356 e. The minimum Gasteiger partial charge on any atom is -0.356 e. The number of nitrogens with zero attached hydrogens (tertiary/aromatic N) is 2. The van der Waals surface area contributed by atoms with Crippen LogP contribution in [0.5, 0.6) is 0 Å². The third-order valence-corrected chi connectivity index (χ3v) is 6.13. The normalized spacial score (nSPS) is 19.3. The zero-order chi connectivity index (χ0) is 22.2. The lowest BCUT2D eigenvalue weighted by Gasteiger charge is -2.32. The number of fused-ring (bicyclic) bond motifs is 2. The van der Waals surface area contributed by atoms with E-state index in [4.69, 9.17) is 4.52 Å². The molecule has 0 saturated carbocycles. The SMILES string of the molecule is O=C1NC(CC(=O)N2CCC(c3noc4cc(F)ccc34)CC2)C(=O)Nc2ccccc21. The summed E-state index contributed by atoms with van der Waals surface area (Å²) in [5.74, 6) is -1.26. The molecule has 1 fully saturated rings. The Labute approximate surface area is 182 Å². The molecule has 0 radical (unpaired) electrons. The number of amides is 3. The predicted molar refractivity (Wildman–Crippen MR) is 113 cm³/mol. The number of para-hydroxylation sites is 1. The van der Waals surface area contributed by atoms with Gasteiger partial charge in [-0.2, -0.15) is 0 Å². The number of hydrogen-bond acceptors (Lipinski definition) is 5. The Kier molecular flexibility index (Phi) is 5.08. The average Bonchev–Trinajstić information content (AvgIpc) is 3.17. The van der Waals surface area contributed by atoms with Crippen LogP contribution in [0.15, 0.2) is 47.0 Å². The second-order valence-electron chi connectivity index (χ2n) is 8.13. The number of piperidine rings is 1. The van der Waals surface area contributed by atoms with Gasteiger partial charge in [0.15, 0.2) is 5.58 Å². The molecule has 0 aliphatic carbocycles. The predicted octanol–water partition coefficient (Wildman–Crippen LogP) is 2.81. The van der Waals surface area contributed by atoms with Gasteiger partial charge in [0.25, 0.3) is 5.91 Å². The molecule has 3 heterocycles. The van der Waals surface area contributed by atoms with Gasteiger partial charge in [0.1, 0.15) is 11.9 Å².